The Bertz CT molecular complexity index is 652. The van der Waals surface area contributed by atoms with Crippen molar-refractivity contribution in [3.8, 4) is 0 Å². The van der Waals surface area contributed by atoms with Gasteiger partial charge < -0.3 is 14.0 Å². The van der Waals surface area contributed by atoms with Crippen molar-refractivity contribution in [2.75, 3.05) is 27.2 Å². The van der Waals surface area contributed by atoms with Crippen LogP contribution in [0.25, 0.3) is 0 Å². The van der Waals surface area contributed by atoms with E-state index in [0.29, 0.717) is 43.6 Å². The predicted octanol–water partition coefficient (Wildman–Crippen LogP) is 3.33. The van der Waals surface area contributed by atoms with E-state index in [1.807, 2.05) is 74.8 Å². The van der Waals surface area contributed by atoms with Crippen LogP contribution in [0.4, 0.5) is 0 Å². The largest absolute Gasteiger partial charge is 0.461 e. The normalized spacial score (nSPS) is 11.0. The smallest absolute Gasteiger partial charge is 0.311 e. The average Bonchev–Trinajstić information content (AvgIpc) is 2.69. The zero-order chi connectivity index (χ0) is 19.5. The molecular weight excluding hydrogens is 342 g/mol. The van der Waals surface area contributed by atoms with Crippen molar-refractivity contribution in [3.05, 3.63) is 71.8 Å². The summed E-state index contributed by atoms with van der Waals surface area (Å²) in [7, 11) is 3.99. The van der Waals surface area contributed by atoms with Gasteiger partial charge in [-0.05, 0) is 11.1 Å². The van der Waals surface area contributed by atoms with E-state index in [2.05, 4.69) is 0 Å². The molecule has 0 aromatic heterocycles. The van der Waals surface area contributed by atoms with Crippen LogP contribution in [-0.2, 0) is 32.3 Å². The summed E-state index contributed by atoms with van der Waals surface area (Å²) in [5, 5.41) is 0. The minimum absolute atomic E-state index is 0.225. The molecule has 0 radical (unpaired) electrons. The Morgan fingerprint density at radius 1 is 0.704 bits per heavy atom. The molecule has 0 unspecified atom stereocenters. The molecule has 0 spiro atoms. The quantitative estimate of drug-likeness (QED) is 0.475. The highest BCUT2D eigenvalue weighted by Gasteiger charge is 2.20. The third-order valence-corrected chi connectivity index (χ3v) is 4.33. The molecule has 0 fully saturated rings. The Balaban J connectivity index is 1.63. The van der Waals surface area contributed by atoms with Crippen LogP contribution in [0, 0.1) is 0 Å². The van der Waals surface area contributed by atoms with E-state index in [4.69, 9.17) is 9.47 Å². The van der Waals surface area contributed by atoms with Gasteiger partial charge in [-0.2, -0.15) is 0 Å². The van der Waals surface area contributed by atoms with Gasteiger partial charge in [-0.25, -0.2) is 0 Å². The summed E-state index contributed by atoms with van der Waals surface area (Å²) in [6, 6.07) is 19.2. The number of ether oxygens (including phenoxy) is 2. The molecule has 0 saturated heterocycles. The molecular formula is C22H28NO4+. The van der Waals surface area contributed by atoms with Gasteiger partial charge in [-0.3, -0.25) is 9.59 Å². The first kappa shape index (κ1) is 20.6. The molecule has 2 aromatic rings. The number of hydrogen-bond donors (Lipinski definition) is 0. The number of benzene rings is 2. The van der Waals surface area contributed by atoms with Crippen molar-refractivity contribution < 1.29 is 23.5 Å². The number of hydrogen-bond acceptors (Lipinski definition) is 4. The third-order valence-electron chi connectivity index (χ3n) is 4.33. The number of quaternary nitrogens is 1. The fourth-order valence-electron chi connectivity index (χ4n) is 2.52. The maximum atomic E-state index is 11.9. The lowest BCUT2D eigenvalue weighted by atomic mass is 10.2. The SMILES string of the molecule is C[N+](C)(CCC(=O)OCc1ccccc1)CCC(=O)OCc1ccccc1. The van der Waals surface area contributed by atoms with Gasteiger partial charge in [0.2, 0.25) is 0 Å². The highest BCUT2D eigenvalue weighted by Crippen LogP contribution is 2.07. The van der Waals surface area contributed by atoms with Crippen LogP contribution >= 0.6 is 0 Å². The van der Waals surface area contributed by atoms with E-state index >= 15 is 0 Å². The Hall–Kier alpha value is -2.66. The number of esters is 2. The molecule has 0 N–H and O–H groups in total. The van der Waals surface area contributed by atoms with E-state index in [-0.39, 0.29) is 11.9 Å². The Morgan fingerprint density at radius 3 is 1.44 bits per heavy atom. The van der Waals surface area contributed by atoms with Crippen LogP contribution in [-0.4, -0.2) is 43.6 Å². The second kappa shape index (κ2) is 10.5. The molecule has 0 amide bonds. The van der Waals surface area contributed by atoms with Gasteiger partial charge in [0.1, 0.15) is 13.2 Å². The highest BCUT2D eigenvalue weighted by molar-refractivity contribution is 5.70. The number of nitrogens with zero attached hydrogens (tertiary/aromatic N) is 1. The monoisotopic (exact) mass is 370 g/mol. The minimum Gasteiger partial charge on any atom is -0.461 e. The van der Waals surface area contributed by atoms with E-state index in [1.165, 1.54) is 0 Å². The molecule has 2 aromatic carbocycles. The van der Waals surface area contributed by atoms with Crippen LogP contribution in [0.15, 0.2) is 60.7 Å². The first-order chi connectivity index (χ1) is 12.9. The van der Waals surface area contributed by atoms with Crippen molar-refractivity contribution in [2.45, 2.75) is 26.1 Å². The maximum Gasteiger partial charge on any atom is 0.311 e. The zero-order valence-corrected chi connectivity index (χ0v) is 16.1. The third kappa shape index (κ3) is 8.51. The van der Waals surface area contributed by atoms with Crippen LogP contribution in [0.1, 0.15) is 24.0 Å². The molecule has 0 aliphatic carbocycles. The summed E-state index contributed by atoms with van der Waals surface area (Å²) >= 11 is 0. The standard InChI is InChI=1S/C22H28NO4/c1-23(2,15-13-21(24)26-17-19-9-5-3-6-10-19)16-14-22(25)27-18-20-11-7-4-8-12-20/h3-12H,13-18H2,1-2H3/q+1. The summed E-state index contributed by atoms with van der Waals surface area (Å²) < 4.78 is 11.1. The minimum atomic E-state index is -0.225. The number of carbonyl (C=O) groups is 2. The van der Waals surface area contributed by atoms with Crippen molar-refractivity contribution in [1.82, 2.24) is 0 Å². The lowest BCUT2D eigenvalue weighted by Gasteiger charge is -2.29. The van der Waals surface area contributed by atoms with Crippen LogP contribution in [0.2, 0.25) is 0 Å². The Labute approximate surface area is 161 Å². The van der Waals surface area contributed by atoms with Gasteiger partial charge in [0.15, 0.2) is 0 Å². The second-order valence-electron chi connectivity index (χ2n) is 7.18. The number of carbonyl (C=O) groups excluding carboxylic acids is 2. The van der Waals surface area contributed by atoms with Crippen molar-refractivity contribution in [2.24, 2.45) is 0 Å². The highest BCUT2D eigenvalue weighted by atomic mass is 16.5. The summed E-state index contributed by atoms with van der Waals surface area (Å²) in [6.07, 6.45) is 0.637. The molecule has 0 aliphatic rings. The summed E-state index contributed by atoms with van der Waals surface area (Å²) in [5.41, 5.74) is 1.95. The lowest BCUT2D eigenvalue weighted by Crippen LogP contribution is -2.43. The van der Waals surface area contributed by atoms with E-state index in [0.717, 1.165) is 11.1 Å². The summed E-state index contributed by atoms with van der Waals surface area (Å²) in [4.78, 5) is 23.9. The first-order valence-electron chi connectivity index (χ1n) is 9.16. The second-order valence-corrected chi connectivity index (χ2v) is 7.18. The predicted molar refractivity (Wildman–Crippen MR) is 104 cm³/mol. The molecule has 0 atom stereocenters. The van der Waals surface area contributed by atoms with E-state index in [9.17, 15) is 9.59 Å². The molecule has 0 heterocycles. The maximum absolute atomic E-state index is 11.9. The average molecular weight is 370 g/mol. The summed E-state index contributed by atoms with van der Waals surface area (Å²) in [5.74, 6) is -0.451. The first-order valence-corrected chi connectivity index (χ1v) is 9.16. The van der Waals surface area contributed by atoms with Gasteiger partial charge in [0, 0.05) is 0 Å². The van der Waals surface area contributed by atoms with Crippen molar-refractivity contribution in [3.63, 3.8) is 0 Å². The lowest BCUT2D eigenvalue weighted by molar-refractivity contribution is -0.889. The van der Waals surface area contributed by atoms with Gasteiger partial charge in [0.05, 0.1) is 40.0 Å². The van der Waals surface area contributed by atoms with Crippen LogP contribution in [0.3, 0.4) is 0 Å². The van der Waals surface area contributed by atoms with E-state index in [1.54, 1.807) is 0 Å². The Kier molecular flexibility index (Phi) is 8.01. The van der Waals surface area contributed by atoms with Gasteiger partial charge in [-0.1, -0.05) is 60.7 Å². The molecule has 5 nitrogen and oxygen atoms in total. The molecule has 144 valence electrons. The Morgan fingerprint density at radius 2 is 1.07 bits per heavy atom. The zero-order valence-electron chi connectivity index (χ0n) is 16.1. The molecule has 5 heteroatoms. The molecule has 2 rings (SSSR count). The van der Waals surface area contributed by atoms with Gasteiger partial charge in [-0.15, -0.1) is 0 Å². The van der Waals surface area contributed by atoms with E-state index < -0.39 is 0 Å². The molecule has 0 saturated carbocycles. The fourth-order valence-corrected chi connectivity index (χ4v) is 2.52. The van der Waals surface area contributed by atoms with Crippen LogP contribution < -0.4 is 0 Å². The van der Waals surface area contributed by atoms with Gasteiger partial charge >= 0.3 is 11.9 Å². The topological polar surface area (TPSA) is 52.6 Å². The van der Waals surface area contributed by atoms with Crippen LogP contribution in [0.5, 0.6) is 0 Å². The van der Waals surface area contributed by atoms with Crippen molar-refractivity contribution >= 4 is 11.9 Å². The fraction of sp³-hybridized carbons (Fsp3) is 0.364. The number of rotatable bonds is 10. The van der Waals surface area contributed by atoms with Crippen molar-refractivity contribution in [1.29, 1.82) is 0 Å². The molecule has 0 bridgehead atoms. The van der Waals surface area contributed by atoms with Gasteiger partial charge in [0.25, 0.3) is 0 Å². The molecule has 0 aliphatic heterocycles. The summed E-state index contributed by atoms with van der Waals surface area (Å²) in [6.45, 7) is 1.80. The molecule has 27 heavy (non-hydrogen) atoms.